The minimum absolute atomic E-state index is 0.172. The first kappa shape index (κ1) is 23.2. The average Bonchev–Trinajstić information content (AvgIpc) is 3.31. The molecule has 1 saturated heterocycles. The van der Waals surface area contributed by atoms with Crippen LogP contribution in [0.3, 0.4) is 0 Å². The quantitative estimate of drug-likeness (QED) is 0.574. The summed E-state index contributed by atoms with van der Waals surface area (Å²) in [6.07, 6.45) is 8.22. The van der Waals surface area contributed by atoms with E-state index in [1.807, 2.05) is 24.3 Å². The van der Waals surface area contributed by atoms with Crippen molar-refractivity contribution in [2.75, 3.05) is 27.3 Å². The molecule has 0 radical (unpaired) electrons. The summed E-state index contributed by atoms with van der Waals surface area (Å²) in [6, 6.07) is 6.97. The second-order valence-corrected chi connectivity index (χ2v) is 11.0. The number of benzene rings is 1. The van der Waals surface area contributed by atoms with Crippen molar-refractivity contribution in [3.8, 4) is 5.75 Å². The number of rotatable bonds is 7. The minimum atomic E-state index is -0.562. The lowest BCUT2D eigenvalue weighted by Gasteiger charge is -2.56. The largest absolute Gasteiger partial charge is 0.496 e. The monoisotopic (exact) mass is 468 g/mol. The topological polar surface area (TPSA) is 76.2 Å². The molecule has 184 valence electrons. The zero-order valence-corrected chi connectivity index (χ0v) is 20.3. The van der Waals surface area contributed by atoms with Crippen LogP contribution in [0.5, 0.6) is 5.75 Å². The van der Waals surface area contributed by atoms with E-state index in [1.54, 1.807) is 19.1 Å². The molecule has 6 rings (SSSR count). The Balaban J connectivity index is 1.18. The van der Waals surface area contributed by atoms with Gasteiger partial charge in [0.1, 0.15) is 11.8 Å². The lowest BCUT2D eigenvalue weighted by molar-refractivity contribution is -0.166. The van der Waals surface area contributed by atoms with Gasteiger partial charge in [0, 0.05) is 25.7 Å². The fraction of sp³-hybridized carbons (Fsp3) is 0.667. The zero-order chi connectivity index (χ0) is 23.9. The normalized spacial score (nSPS) is 31.4. The maximum atomic E-state index is 13.8. The Morgan fingerprint density at radius 1 is 1.06 bits per heavy atom. The molecule has 7 heteroatoms. The Bertz CT molecular complexity index is 925. The summed E-state index contributed by atoms with van der Waals surface area (Å²) in [6.45, 7) is 0.656. The molecule has 1 aromatic rings. The summed E-state index contributed by atoms with van der Waals surface area (Å²) in [4.78, 5) is 42.7. The first-order chi connectivity index (χ1) is 16.4. The summed E-state index contributed by atoms with van der Waals surface area (Å²) in [5.41, 5.74) is 0.623. The van der Waals surface area contributed by atoms with Crippen LogP contribution >= 0.6 is 0 Å². The van der Waals surface area contributed by atoms with Gasteiger partial charge in [-0.15, -0.1) is 0 Å². The van der Waals surface area contributed by atoms with Crippen molar-refractivity contribution < 1.29 is 23.9 Å². The smallest absolute Gasteiger partial charge is 0.329 e. The molecule has 34 heavy (non-hydrogen) atoms. The van der Waals surface area contributed by atoms with Crippen LogP contribution < -0.4 is 4.74 Å². The highest BCUT2D eigenvalue weighted by molar-refractivity contribution is 5.90. The molecule has 4 aliphatic carbocycles. The Labute approximate surface area is 201 Å². The molecule has 4 bridgehead atoms. The van der Waals surface area contributed by atoms with Crippen molar-refractivity contribution >= 4 is 17.8 Å². The van der Waals surface area contributed by atoms with E-state index >= 15 is 0 Å². The second kappa shape index (κ2) is 9.23. The van der Waals surface area contributed by atoms with Gasteiger partial charge in [0.05, 0.1) is 12.5 Å². The van der Waals surface area contributed by atoms with Crippen LogP contribution in [-0.4, -0.2) is 60.9 Å². The van der Waals surface area contributed by atoms with E-state index in [0.717, 1.165) is 31.2 Å². The van der Waals surface area contributed by atoms with Crippen LogP contribution in [0.1, 0.15) is 56.9 Å². The van der Waals surface area contributed by atoms with Crippen LogP contribution in [0, 0.1) is 23.2 Å². The van der Waals surface area contributed by atoms with Gasteiger partial charge < -0.3 is 19.3 Å². The molecular formula is C27H36N2O5. The van der Waals surface area contributed by atoms with E-state index in [-0.39, 0.29) is 23.8 Å². The van der Waals surface area contributed by atoms with Gasteiger partial charge in [0.2, 0.25) is 5.91 Å². The molecule has 1 unspecified atom stereocenters. The molecule has 4 saturated carbocycles. The highest BCUT2D eigenvalue weighted by Gasteiger charge is 2.57. The summed E-state index contributed by atoms with van der Waals surface area (Å²) < 4.78 is 10.8. The number of carbonyl (C=O) groups excluding carboxylic acids is 3. The molecule has 2 amide bonds. The Kier molecular flexibility index (Phi) is 6.30. The fourth-order valence-electron chi connectivity index (χ4n) is 7.45. The predicted octanol–water partition coefficient (Wildman–Crippen LogP) is 3.40. The average molecular weight is 469 g/mol. The number of esters is 1. The molecule has 7 nitrogen and oxygen atoms in total. The lowest BCUT2D eigenvalue weighted by Crippen LogP contribution is -2.56. The molecule has 1 aromatic carbocycles. The maximum absolute atomic E-state index is 13.8. The van der Waals surface area contributed by atoms with Crippen molar-refractivity contribution in [3.63, 3.8) is 0 Å². The molecule has 1 atom stereocenters. The number of methoxy groups -OCH3 is 1. The van der Waals surface area contributed by atoms with Crippen molar-refractivity contribution in [2.24, 2.45) is 23.2 Å². The van der Waals surface area contributed by atoms with Crippen LogP contribution in [0.15, 0.2) is 24.3 Å². The number of likely N-dealkylation sites (tertiary alicyclic amines) is 1. The second-order valence-electron chi connectivity index (χ2n) is 11.0. The summed E-state index contributed by atoms with van der Waals surface area (Å²) >= 11 is 0. The van der Waals surface area contributed by atoms with Crippen LogP contribution in [0.2, 0.25) is 0 Å². The van der Waals surface area contributed by atoms with E-state index in [9.17, 15) is 14.4 Å². The number of carbonyl (C=O) groups is 3. The van der Waals surface area contributed by atoms with Gasteiger partial charge in [0.15, 0.2) is 6.61 Å². The van der Waals surface area contributed by atoms with E-state index in [0.29, 0.717) is 43.0 Å². The SMILES string of the molecule is COc1ccccc1CN(C)C(=O)COC(=O)C1CCCN1C(=O)C12CC3CC(CC(C3)C1)C2. The molecular weight excluding hydrogens is 432 g/mol. The standard InChI is InChI=1S/C27H36N2O5/c1-28(16-21-6-3-4-8-23(21)33-2)24(30)17-34-25(31)22-7-5-9-29(22)26(32)27-13-18-10-19(14-27)12-20(11-18)15-27/h3-4,6,8,18-20,22H,5,7,9-17H2,1-2H3. The van der Waals surface area contributed by atoms with Crippen LogP contribution in [0.25, 0.3) is 0 Å². The van der Waals surface area contributed by atoms with E-state index in [4.69, 9.17) is 9.47 Å². The van der Waals surface area contributed by atoms with Gasteiger partial charge in [-0.1, -0.05) is 18.2 Å². The third kappa shape index (κ3) is 4.29. The molecule has 5 aliphatic rings. The molecule has 1 aliphatic heterocycles. The number of hydrogen-bond donors (Lipinski definition) is 0. The Morgan fingerprint density at radius 3 is 2.35 bits per heavy atom. The first-order valence-electron chi connectivity index (χ1n) is 12.7. The molecule has 5 fully saturated rings. The summed E-state index contributed by atoms with van der Waals surface area (Å²) in [7, 11) is 3.28. The third-order valence-corrected chi connectivity index (χ3v) is 8.64. The van der Waals surface area contributed by atoms with Gasteiger partial charge in [0.25, 0.3) is 5.91 Å². The van der Waals surface area contributed by atoms with Gasteiger partial charge in [-0.3, -0.25) is 9.59 Å². The number of likely N-dealkylation sites (N-methyl/N-ethyl adjacent to an activating group) is 1. The lowest BCUT2D eigenvalue weighted by atomic mass is 9.49. The van der Waals surface area contributed by atoms with Crippen molar-refractivity contribution in [1.82, 2.24) is 9.80 Å². The minimum Gasteiger partial charge on any atom is -0.496 e. The molecule has 0 aromatic heterocycles. The van der Waals surface area contributed by atoms with Crippen molar-refractivity contribution in [1.29, 1.82) is 0 Å². The van der Waals surface area contributed by atoms with Crippen LogP contribution in [-0.2, 0) is 25.7 Å². The number of hydrogen-bond acceptors (Lipinski definition) is 5. The van der Waals surface area contributed by atoms with Crippen molar-refractivity contribution in [3.05, 3.63) is 29.8 Å². The number of amides is 2. The molecule has 0 spiro atoms. The number of para-hydroxylation sites is 1. The number of ether oxygens (including phenoxy) is 2. The van der Waals surface area contributed by atoms with Gasteiger partial charge in [-0.2, -0.15) is 0 Å². The van der Waals surface area contributed by atoms with Gasteiger partial charge in [-0.25, -0.2) is 4.79 Å². The number of nitrogens with zero attached hydrogens (tertiary/aromatic N) is 2. The Morgan fingerprint density at radius 2 is 1.71 bits per heavy atom. The highest BCUT2D eigenvalue weighted by atomic mass is 16.5. The predicted molar refractivity (Wildman–Crippen MR) is 126 cm³/mol. The van der Waals surface area contributed by atoms with E-state index < -0.39 is 12.0 Å². The first-order valence-corrected chi connectivity index (χ1v) is 12.7. The zero-order valence-electron chi connectivity index (χ0n) is 20.3. The van der Waals surface area contributed by atoms with E-state index in [1.165, 1.54) is 24.2 Å². The van der Waals surface area contributed by atoms with E-state index in [2.05, 4.69) is 0 Å². The molecule has 1 heterocycles. The highest BCUT2D eigenvalue weighted by Crippen LogP contribution is 2.60. The third-order valence-electron chi connectivity index (χ3n) is 8.64. The Hall–Kier alpha value is -2.57. The molecule has 0 N–H and O–H groups in total. The fourth-order valence-corrected chi connectivity index (χ4v) is 7.45. The van der Waals surface area contributed by atoms with Crippen LogP contribution in [0.4, 0.5) is 0 Å². The van der Waals surface area contributed by atoms with Gasteiger partial charge >= 0.3 is 5.97 Å². The maximum Gasteiger partial charge on any atom is 0.329 e. The summed E-state index contributed by atoms with van der Waals surface area (Å²) in [5, 5.41) is 0. The summed E-state index contributed by atoms with van der Waals surface area (Å²) in [5.74, 6) is 2.19. The van der Waals surface area contributed by atoms with Crippen molar-refractivity contribution in [2.45, 2.75) is 64.0 Å². The van der Waals surface area contributed by atoms with Gasteiger partial charge in [-0.05, 0) is 75.2 Å².